The van der Waals surface area contributed by atoms with Gasteiger partial charge in [-0.15, -0.1) is 0 Å². The number of hydrazone groups is 1. The first-order valence-electron chi connectivity index (χ1n) is 6.40. The molecule has 21 heavy (non-hydrogen) atoms. The molecule has 0 atom stereocenters. The zero-order chi connectivity index (χ0) is 15.1. The van der Waals surface area contributed by atoms with Crippen LogP contribution in [0.2, 0.25) is 0 Å². The van der Waals surface area contributed by atoms with Crippen LogP contribution in [0.5, 0.6) is 11.5 Å². The number of rotatable bonds is 5. The number of phenols is 1. The number of nitrogens with zero attached hydrogens (tertiary/aromatic N) is 2. The highest BCUT2D eigenvalue weighted by atomic mass is 16.5. The third-order valence-electron chi connectivity index (χ3n) is 2.61. The summed E-state index contributed by atoms with van der Waals surface area (Å²) in [6.07, 6.45) is 4.39. The summed E-state index contributed by atoms with van der Waals surface area (Å²) in [7, 11) is 0. The van der Waals surface area contributed by atoms with Crippen molar-refractivity contribution < 1.29 is 14.6 Å². The molecule has 6 heteroatoms. The van der Waals surface area contributed by atoms with Crippen molar-refractivity contribution in [2.24, 2.45) is 5.10 Å². The summed E-state index contributed by atoms with van der Waals surface area (Å²) in [6.45, 7) is 2.38. The van der Waals surface area contributed by atoms with Gasteiger partial charge in [-0.2, -0.15) is 5.10 Å². The Balaban J connectivity index is 2.00. The molecule has 2 N–H and O–H groups in total. The lowest BCUT2D eigenvalue weighted by Crippen LogP contribution is -2.17. The molecular weight excluding hydrogens is 270 g/mol. The van der Waals surface area contributed by atoms with E-state index in [0.717, 1.165) is 0 Å². The zero-order valence-electron chi connectivity index (χ0n) is 11.5. The third-order valence-corrected chi connectivity index (χ3v) is 2.61. The zero-order valence-corrected chi connectivity index (χ0v) is 11.5. The number of carbonyl (C=O) groups is 1. The van der Waals surface area contributed by atoms with E-state index >= 15 is 0 Å². The standard InChI is InChI=1S/C15H15N3O3/c1-2-21-13-6-5-11(14(19)8-13)10-17-18-15(20)12-4-3-7-16-9-12/h3-10,19H,2H2,1H3,(H,18,20). The normalized spacial score (nSPS) is 10.5. The number of pyridine rings is 1. The van der Waals surface area contributed by atoms with E-state index < -0.39 is 0 Å². The number of aromatic nitrogens is 1. The molecular formula is C15H15N3O3. The topological polar surface area (TPSA) is 83.8 Å². The van der Waals surface area contributed by atoms with Gasteiger partial charge in [0.2, 0.25) is 0 Å². The van der Waals surface area contributed by atoms with Crippen molar-refractivity contribution in [3.05, 3.63) is 53.9 Å². The Morgan fingerprint density at radius 3 is 3.00 bits per heavy atom. The fourth-order valence-electron chi connectivity index (χ4n) is 1.61. The van der Waals surface area contributed by atoms with Gasteiger partial charge in [0.1, 0.15) is 11.5 Å². The summed E-state index contributed by atoms with van der Waals surface area (Å²) in [5, 5.41) is 13.6. The second-order valence-corrected chi connectivity index (χ2v) is 4.09. The fraction of sp³-hybridized carbons (Fsp3) is 0.133. The molecule has 0 aliphatic rings. The lowest BCUT2D eigenvalue weighted by molar-refractivity contribution is 0.0954. The van der Waals surface area contributed by atoms with Crippen LogP contribution in [-0.4, -0.2) is 28.8 Å². The molecule has 0 saturated carbocycles. The van der Waals surface area contributed by atoms with Crippen LogP contribution in [0.25, 0.3) is 0 Å². The van der Waals surface area contributed by atoms with E-state index in [0.29, 0.717) is 23.5 Å². The number of benzene rings is 1. The molecule has 1 heterocycles. The monoisotopic (exact) mass is 285 g/mol. The number of aromatic hydroxyl groups is 1. The molecule has 2 rings (SSSR count). The van der Waals surface area contributed by atoms with Crippen LogP contribution >= 0.6 is 0 Å². The number of ether oxygens (including phenoxy) is 1. The number of hydrogen-bond donors (Lipinski definition) is 2. The number of hydrogen-bond acceptors (Lipinski definition) is 5. The molecule has 0 saturated heterocycles. The van der Waals surface area contributed by atoms with E-state index in [1.165, 1.54) is 18.5 Å². The van der Waals surface area contributed by atoms with Crippen LogP contribution in [0.1, 0.15) is 22.8 Å². The first-order chi connectivity index (χ1) is 10.2. The van der Waals surface area contributed by atoms with Crippen LogP contribution in [0.15, 0.2) is 47.8 Å². The van der Waals surface area contributed by atoms with Gasteiger partial charge in [0, 0.05) is 24.0 Å². The van der Waals surface area contributed by atoms with Crippen molar-refractivity contribution in [1.29, 1.82) is 0 Å². The minimum Gasteiger partial charge on any atom is -0.507 e. The second kappa shape index (κ2) is 7.04. The Bertz CT molecular complexity index is 642. The number of nitrogens with one attached hydrogen (secondary N) is 1. The summed E-state index contributed by atoms with van der Waals surface area (Å²) in [5.41, 5.74) is 3.25. The number of amides is 1. The van der Waals surface area contributed by atoms with Gasteiger partial charge in [0.15, 0.2) is 0 Å². The van der Waals surface area contributed by atoms with Gasteiger partial charge in [0.05, 0.1) is 18.4 Å². The molecule has 2 aromatic rings. The predicted octanol–water partition coefficient (Wildman–Crippen LogP) is 1.95. The lowest BCUT2D eigenvalue weighted by atomic mass is 10.2. The van der Waals surface area contributed by atoms with E-state index in [1.54, 1.807) is 30.5 Å². The lowest BCUT2D eigenvalue weighted by Gasteiger charge is -2.05. The smallest absolute Gasteiger partial charge is 0.272 e. The number of carbonyl (C=O) groups excluding carboxylic acids is 1. The van der Waals surface area contributed by atoms with Gasteiger partial charge >= 0.3 is 0 Å². The molecule has 6 nitrogen and oxygen atoms in total. The van der Waals surface area contributed by atoms with Crippen LogP contribution in [0, 0.1) is 0 Å². The maximum Gasteiger partial charge on any atom is 0.272 e. The highest BCUT2D eigenvalue weighted by molar-refractivity contribution is 5.94. The van der Waals surface area contributed by atoms with Crippen LogP contribution in [-0.2, 0) is 0 Å². The van der Waals surface area contributed by atoms with Crippen LogP contribution < -0.4 is 10.2 Å². The first kappa shape index (κ1) is 14.5. The predicted molar refractivity (Wildman–Crippen MR) is 78.6 cm³/mol. The molecule has 0 radical (unpaired) electrons. The van der Waals surface area contributed by atoms with Crippen LogP contribution in [0.4, 0.5) is 0 Å². The van der Waals surface area contributed by atoms with Gasteiger partial charge < -0.3 is 9.84 Å². The largest absolute Gasteiger partial charge is 0.507 e. The van der Waals surface area contributed by atoms with Crippen molar-refractivity contribution in [3.63, 3.8) is 0 Å². The molecule has 108 valence electrons. The Morgan fingerprint density at radius 1 is 1.48 bits per heavy atom. The second-order valence-electron chi connectivity index (χ2n) is 4.09. The molecule has 1 aromatic carbocycles. The molecule has 1 aromatic heterocycles. The van der Waals surface area contributed by atoms with Crippen molar-refractivity contribution >= 4 is 12.1 Å². The minimum absolute atomic E-state index is 0.0281. The number of phenolic OH excluding ortho intramolecular Hbond substituents is 1. The SMILES string of the molecule is CCOc1ccc(C=NNC(=O)c2cccnc2)c(O)c1. The Morgan fingerprint density at radius 2 is 2.33 bits per heavy atom. The molecule has 0 fully saturated rings. The molecule has 0 spiro atoms. The molecule has 0 aliphatic carbocycles. The Labute approximate surface area is 122 Å². The van der Waals surface area contributed by atoms with E-state index in [2.05, 4.69) is 15.5 Å². The summed E-state index contributed by atoms with van der Waals surface area (Å²) < 4.78 is 5.26. The van der Waals surface area contributed by atoms with Crippen molar-refractivity contribution in [2.75, 3.05) is 6.61 Å². The maximum atomic E-state index is 11.7. The van der Waals surface area contributed by atoms with Crippen molar-refractivity contribution in [1.82, 2.24) is 10.4 Å². The average Bonchev–Trinajstić information content (AvgIpc) is 2.50. The van der Waals surface area contributed by atoms with E-state index in [4.69, 9.17) is 4.74 Å². The van der Waals surface area contributed by atoms with E-state index in [9.17, 15) is 9.90 Å². The third kappa shape index (κ3) is 4.04. The van der Waals surface area contributed by atoms with E-state index in [-0.39, 0.29) is 11.7 Å². The molecule has 0 unspecified atom stereocenters. The van der Waals surface area contributed by atoms with Gasteiger partial charge in [-0.1, -0.05) is 0 Å². The van der Waals surface area contributed by atoms with Gasteiger partial charge in [-0.3, -0.25) is 9.78 Å². The van der Waals surface area contributed by atoms with E-state index in [1.807, 2.05) is 6.92 Å². The Kier molecular flexibility index (Phi) is 4.87. The quantitative estimate of drug-likeness (QED) is 0.649. The summed E-state index contributed by atoms with van der Waals surface area (Å²) in [6, 6.07) is 8.16. The fourth-order valence-corrected chi connectivity index (χ4v) is 1.61. The van der Waals surface area contributed by atoms with Gasteiger partial charge in [0.25, 0.3) is 5.91 Å². The summed E-state index contributed by atoms with van der Waals surface area (Å²) >= 11 is 0. The Hall–Kier alpha value is -2.89. The first-order valence-corrected chi connectivity index (χ1v) is 6.40. The van der Waals surface area contributed by atoms with Crippen LogP contribution in [0.3, 0.4) is 0 Å². The van der Waals surface area contributed by atoms with Gasteiger partial charge in [-0.25, -0.2) is 5.43 Å². The summed E-state index contributed by atoms with van der Waals surface area (Å²) in [4.78, 5) is 15.6. The van der Waals surface area contributed by atoms with Crippen molar-refractivity contribution in [3.8, 4) is 11.5 Å². The minimum atomic E-state index is -0.371. The van der Waals surface area contributed by atoms with Gasteiger partial charge in [-0.05, 0) is 31.2 Å². The maximum absolute atomic E-state index is 11.7. The average molecular weight is 285 g/mol. The highest BCUT2D eigenvalue weighted by Gasteiger charge is 2.04. The molecule has 0 bridgehead atoms. The highest BCUT2D eigenvalue weighted by Crippen LogP contribution is 2.22. The molecule has 1 amide bonds. The molecule has 0 aliphatic heterocycles. The summed E-state index contributed by atoms with van der Waals surface area (Å²) in [5.74, 6) is 0.233. The van der Waals surface area contributed by atoms with Crippen molar-refractivity contribution in [2.45, 2.75) is 6.92 Å².